The van der Waals surface area contributed by atoms with E-state index in [1.165, 1.54) is 0 Å². The van der Waals surface area contributed by atoms with Crippen LogP contribution in [0.5, 0.6) is 17.2 Å². The monoisotopic (exact) mass is 404 g/mol. The smallest absolute Gasteiger partial charge is 0.262 e. The standard InChI is InChI=1S/C23H20N2O5/c26-22(24-17-10-11-20-21(14-17)29-13-12-28-20)15-30-19-9-5-4-8-18(19)23(27)25-16-6-2-1-3-7-16/h1-11,14H,12-13,15H2,(H,24,26)(H,25,27). The third kappa shape index (κ3) is 4.70. The Hall–Kier alpha value is -4.00. The first-order valence-electron chi connectivity index (χ1n) is 9.47. The van der Waals surface area contributed by atoms with Crippen molar-refractivity contribution in [3.05, 3.63) is 78.4 Å². The zero-order chi connectivity index (χ0) is 20.8. The van der Waals surface area contributed by atoms with Crippen molar-refractivity contribution < 1.29 is 23.8 Å². The van der Waals surface area contributed by atoms with Gasteiger partial charge in [0.1, 0.15) is 19.0 Å². The van der Waals surface area contributed by atoms with Gasteiger partial charge in [0, 0.05) is 17.4 Å². The molecule has 7 nitrogen and oxygen atoms in total. The minimum absolute atomic E-state index is 0.246. The lowest BCUT2D eigenvalue weighted by Crippen LogP contribution is -2.22. The molecule has 0 saturated heterocycles. The minimum Gasteiger partial charge on any atom is -0.486 e. The molecule has 1 heterocycles. The van der Waals surface area contributed by atoms with Crippen molar-refractivity contribution in [2.24, 2.45) is 0 Å². The van der Waals surface area contributed by atoms with Gasteiger partial charge in [0.25, 0.3) is 11.8 Å². The molecule has 1 aliphatic heterocycles. The number of anilines is 2. The van der Waals surface area contributed by atoms with Crippen LogP contribution in [0, 0.1) is 0 Å². The second kappa shape index (κ2) is 9.00. The lowest BCUT2D eigenvalue weighted by atomic mass is 10.2. The number of benzene rings is 3. The van der Waals surface area contributed by atoms with Crippen LogP contribution in [-0.2, 0) is 4.79 Å². The summed E-state index contributed by atoms with van der Waals surface area (Å²) in [6.45, 7) is 0.725. The van der Waals surface area contributed by atoms with Crippen molar-refractivity contribution in [2.45, 2.75) is 0 Å². The van der Waals surface area contributed by atoms with E-state index in [0.717, 1.165) is 0 Å². The Bertz CT molecular complexity index is 1050. The highest BCUT2D eigenvalue weighted by Gasteiger charge is 2.15. The fourth-order valence-electron chi connectivity index (χ4n) is 2.96. The molecular weight excluding hydrogens is 384 g/mol. The highest BCUT2D eigenvalue weighted by molar-refractivity contribution is 6.06. The first-order valence-corrected chi connectivity index (χ1v) is 9.47. The van der Waals surface area contributed by atoms with Crippen LogP contribution in [0.3, 0.4) is 0 Å². The fraction of sp³-hybridized carbons (Fsp3) is 0.130. The summed E-state index contributed by atoms with van der Waals surface area (Å²) >= 11 is 0. The molecule has 30 heavy (non-hydrogen) atoms. The molecule has 0 bridgehead atoms. The number of ether oxygens (including phenoxy) is 3. The average Bonchev–Trinajstić information content (AvgIpc) is 2.78. The number of para-hydroxylation sites is 2. The van der Waals surface area contributed by atoms with Gasteiger partial charge in [-0.25, -0.2) is 0 Å². The Morgan fingerprint density at radius 1 is 0.800 bits per heavy atom. The summed E-state index contributed by atoms with van der Waals surface area (Å²) < 4.78 is 16.6. The van der Waals surface area contributed by atoms with Gasteiger partial charge in [-0.2, -0.15) is 0 Å². The highest BCUT2D eigenvalue weighted by Crippen LogP contribution is 2.32. The number of hydrogen-bond donors (Lipinski definition) is 2. The molecule has 3 aromatic rings. The Morgan fingerprint density at radius 2 is 1.53 bits per heavy atom. The summed E-state index contributed by atoms with van der Waals surface area (Å²) in [6.07, 6.45) is 0. The lowest BCUT2D eigenvalue weighted by molar-refractivity contribution is -0.118. The van der Waals surface area contributed by atoms with E-state index < -0.39 is 0 Å². The third-order valence-corrected chi connectivity index (χ3v) is 4.35. The fourth-order valence-corrected chi connectivity index (χ4v) is 2.96. The summed E-state index contributed by atoms with van der Waals surface area (Å²) in [4.78, 5) is 24.9. The zero-order valence-electron chi connectivity index (χ0n) is 16.1. The van der Waals surface area contributed by atoms with Gasteiger partial charge in [0.15, 0.2) is 18.1 Å². The van der Waals surface area contributed by atoms with E-state index in [0.29, 0.717) is 47.4 Å². The molecule has 1 aliphatic rings. The molecule has 0 aliphatic carbocycles. The summed E-state index contributed by atoms with van der Waals surface area (Å²) in [6, 6.07) is 21.1. The van der Waals surface area contributed by atoms with Gasteiger partial charge in [-0.05, 0) is 36.4 Å². The molecule has 3 aromatic carbocycles. The Kier molecular flexibility index (Phi) is 5.80. The van der Waals surface area contributed by atoms with E-state index in [-0.39, 0.29) is 18.4 Å². The molecule has 4 rings (SSSR count). The Labute approximate surface area is 173 Å². The van der Waals surface area contributed by atoms with Crippen LogP contribution >= 0.6 is 0 Å². The number of carbonyl (C=O) groups is 2. The van der Waals surface area contributed by atoms with Gasteiger partial charge < -0.3 is 24.8 Å². The normalized spacial score (nSPS) is 12.0. The number of rotatable bonds is 6. The molecule has 0 unspecified atom stereocenters. The van der Waals surface area contributed by atoms with Crippen LogP contribution in [0.15, 0.2) is 72.8 Å². The van der Waals surface area contributed by atoms with Crippen molar-refractivity contribution >= 4 is 23.2 Å². The van der Waals surface area contributed by atoms with E-state index in [9.17, 15) is 9.59 Å². The van der Waals surface area contributed by atoms with E-state index in [2.05, 4.69) is 10.6 Å². The molecule has 2 amide bonds. The van der Waals surface area contributed by atoms with Crippen LogP contribution in [0.2, 0.25) is 0 Å². The second-order valence-electron chi connectivity index (χ2n) is 6.51. The van der Waals surface area contributed by atoms with Crippen molar-refractivity contribution in [3.8, 4) is 17.2 Å². The summed E-state index contributed by atoms with van der Waals surface area (Å²) in [5, 5.41) is 5.56. The average molecular weight is 404 g/mol. The van der Waals surface area contributed by atoms with Crippen LogP contribution in [-0.4, -0.2) is 31.6 Å². The topological polar surface area (TPSA) is 85.9 Å². The summed E-state index contributed by atoms with van der Waals surface area (Å²) in [7, 11) is 0. The van der Waals surface area contributed by atoms with Crippen LogP contribution in [0.4, 0.5) is 11.4 Å². The van der Waals surface area contributed by atoms with E-state index in [1.807, 2.05) is 18.2 Å². The summed E-state index contributed by atoms with van der Waals surface area (Å²) in [5.74, 6) is 0.883. The Balaban J connectivity index is 1.38. The number of amides is 2. The van der Waals surface area contributed by atoms with Crippen molar-refractivity contribution in [1.29, 1.82) is 0 Å². The molecule has 0 saturated carbocycles. The molecule has 0 fully saturated rings. The van der Waals surface area contributed by atoms with Gasteiger partial charge in [0.05, 0.1) is 5.56 Å². The van der Waals surface area contributed by atoms with Crippen molar-refractivity contribution in [2.75, 3.05) is 30.5 Å². The maximum absolute atomic E-state index is 12.6. The quantitative estimate of drug-likeness (QED) is 0.654. The van der Waals surface area contributed by atoms with Gasteiger partial charge in [0.2, 0.25) is 0 Å². The molecule has 0 spiro atoms. The number of hydrogen-bond acceptors (Lipinski definition) is 5. The lowest BCUT2D eigenvalue weighted by Gasteiger charge is -2.19. The largest absolute Gasteiger partial charge is 0.486 e. The molecule has 0 aromatic heterocycles. The molecule has 0 radical (unpaired) electrons. The minimum atomic E-state index is -0.357. The maximum Gasteiger partial charge on any atom is 0.262 e. The third-order valence-electron chi connectivity index (χ3n) is 4.35. The number of fused-ring (bicyclic) bond motifs is 1. The first kappa shape index (κ1) is 19.3. The van der Waals surface area contributed by atoms with Gasteiger partial charge in [-0.3, -0.25) is 9.59 Å². The molecule has 0 atom stereocenters. The van der Waals surface area contributed by atoms with E-state index >= 15 is 0 Å². The SMILES string of the molecule is O=C(COc1ccccc1C(=O)Nc1ccccc1)Nc1ccc2c(c1)OCCO2. The van der Waals surface area contributed by atoms with Crippen LogP contribution in [0.1, 0.15) is 10.4 Å². The van der Waals surface area contributed by atoms with Gasteiger partial charge >= 0.3 is 0 Å². The predicted octanol–water partition coefficient (Wildman–Crippen LogP) is 3.73. The van der Waals surface area contributed by atoms with E-state index in [4.69, 9.17) is 14.2 Å². The van der Waals surface area contributed by atoms with Crippen molar-refractivity contribution in [1.82, 2.24) is 0 Å². The van der Waals surface area contributed by atoms with Gasteiger partial charge in [-0.1, -0.05) is 30.3 Å². The highest BCUT2D eigenvalue weighted by atomic mass is 16.6. The first-order chi connectivity index (χ1) is 14.7. The number of carbonyl (C=O) groups excluding carboxylic acids is 2. The zero-order valence-corrected chi connectivity index (χ0v) is 16.1. The van der Waals surface area contributed by atoms with Crippen LogP contribution < -0.4 is 24.8 Å². The molecule has 152 valence electrons. The van der Waals surface area contributed by atoms with Crippen LogP contribution in [0.25, 0.3) is 0 Å². The predicted molar refractivity (Wildman–Crippen MR) is 112 cm³/mol. The van der Waals surface area contributed by atoms with Crippen molar-refractivity contribution in [3.63, 3.8) is 0 Å². The van der Waals surface area contributed by atoms with Gasteiger partial charge in [-0.15, -0.1) is 0 Å². The molecule has 2 N–H and O–H groups in total. The Morgan fingerprint density at radius 3 is 2.37 bits per heavy atom. The molecular formula is C23H20N2O5. The number of nitrogens with one attached hydrogen (secondary N) is 2. The van der Waals surface area contributed by atoms with E-state index in [1.54, 1.807) is 54.6 Å². The maximum atomic E-state index is 12.6. The molecule has 7 heteroatoms. The summed E-state index contributed by atoms with van der Waals surface area (Å²) in [5.41, 5.74) is 1.59. The second-order valence-corrected chi connectivity index (χ2v) is 6.51.